The van der Waals surface area contributed by atoms with Gasteiger partial charge in [0.15, 0.2) is 0 Å². The molecule has 0 aliphatic heterocycles. The summed E-state index contributed by atoms with van der Waals surface area (Å²) in [5.74, 6) is 0. The maximum atomic E-state index is 9.37. The Kier molecular flexibility index (Phi) is 8.26. The fraction of sp³-hybridized carbons (Fsp3) is 1.00. The lowest BCUT2D eigenvalue weighted by atomic mass is 9.81. The topological polar surface area (TPSA) is 20.2 Å². The number of hydrogen-bond acceptors (Lipinski definition) is 1. The van der Waals surface area contributed by atoms with Crippen LogP contribution >= 0.6 is 0 Å². The van der Waals surface area contributed by atoms with Gasteiger partial charge in [0.25, 0.3) is 0 Å². The predicted octanol–water partition coefficient (Wildman–Crippen LogP) is 4.15. The largest absolute Gasteiger partial charge is 0.396 e. The predicted molar refractivity (Wildman–Crippen MR) is 63.5 cm³/mol. The Morgan fingerprint density at radius 3 is 1.93 bits per heavy atom. The van der Waals surface area contributed by atoms with E-state index in [0.717, 1.165) is 0 Å². The molecule has 0 aliphatic carbocycles. The van der Waals surface area contributed by atoms with Crippen LogP contribution < -0.4 is 0 Å². The Hall–Kier alpha value is -0.0400. The average molecular weight is 200 g/mol. The first-order valence-corrected chi connectivity index (χ1v) is 6.29. The molecule has 14 heavy (non-hydrogen) atoms. The summed E-state index contributed by atoms with van der Waals surface area (Å²) in [6.07, 6.45) is 10.1. The van der Waals surface area contributed by atoms with Gasteiger partial charge in [-0.05, 0) is 18.3 Å². The molecular weight excluding hydrogens is 172 g/mol. The molecule has 0 saturated carbocycles. The third kappa shape index (κ3) is 6.42. The third-order valence-corrected chi connectivity index (χ3v) is 3.15. The van der Waals surface area contributed by atoms with Crippen LogP contribution in [0.15, 0.2) is 0 Å². The summed E-state index contributed by atoms with van der Waals surface area (Å²) in [6.45, 7) is 7.05. The zero-order valence-electron chi connectivity index (χ0n) is 10.3. The normalized spacial score (nSPS) is 15.4. The fourth-order valence-electron chi connectivity index (χ4n) is 1.87. The van der Waals surface area contributed by atoms with Crippen LogP contribution in [-0.4, -0.2) is 11.7 Å². The van der Waals surface area contributed by atoms with Gasteiger partial charge in [0.05, 0.1) is 0 Å². The molecule has 86 valence electrons. The fourth-order valence-corrected chi connectivity index (χ4v) is 1.87. The van der Waals surface area contributed by atoms with E-state index in [2.05, 4.69) is 20.8 Å². The Morgan fingerprint density at radius 2 is 1.43 bits per heavy atom. The summed E-state index contributed by atoms with van der Waals surface area (Å²) in [4.78, 5) is 0. The van der Waals surface area contributed by atoms with Crippen molar-refractivity contribution < 1.29 is 5.11 Å². The molecule has 0 radical (unpaired) electrons. The Labute approximate surface area is 89.9 Å². The van der Waals surface area contributed by atoms with Crippen LogP contribution in [0.2, 0.25) is 0 Å². The van der Waals surface area contributed by atoms with E-state index in [-0.39, 0.29) is 5.41 Å². The molecule has 0 aromatic rings. The van der Waals surface area contributed by atoms with Crippen molar-refractivity contribution in [1.82, 2.24) is 0 Å². The molecule has 0 amide bonds. The molecule has 1 heteroatoms. The first-order chi connectivity index (χ1) is 6.68. The van der Waals surface area contributed by atoms with Crippen LogP contribution in [0.3, 0.4) is 0 Å². The SMILES string of the molecule is CCCCCC[C@@](C)(CO)CCCC. The highest BCUT2D eigenvalue weighted by molar-refractivity contribution is 4.73. The number of rotatable bonds is 9. The van der Waals surface area contributed by atoms with E-state index in [9.17, 15) is 5.11 Å². The molecule has 0 saturated heterocycles. The quantitative estimate of drug-likeness (QED) is 0.554. The first kappa shape index (κ1) is 14.0. The van der Waals surface area contributed by atoms with Gasteiger partial charge in [-0.25, -0.2) is 0 Å². The average Bonchev–Trinajstić information content (AvgIpc) is 2.22. The molecule has 0 unspecified atom stereocenters. The van der Waals surface area contributed by atoms with Crippen LogP contribution in [0.4, 0.5) is 0 Å². The van der Waals surface area contributed by atoms with Crippen molar-refractivity contribution in [2.24, 2.45) is 5.41 Å². The van der Waals surface area contributed by atoms with Crippen LogP contribution in [0.1, 0.15) is 72.1 Å². The molecule has 1 nitrogen and oxygen atoms in total. The lowest BCUT2D eigenvalue weighted by molar-refractivity contribution is 0.117. The van der Waals surface area contributed by atoms with E-state index in [0.29, 0.717) is 6.61 Å². The molecule has 0 fully saturated rings. The monoisotopic (exact) mass is 200 g/mol. The van der Waals surface area contributed by atoms with Crippen LogP contribution in [0, 0.1) is 5.41 Å². The van der Waals surface area contributed by atoms with Crippen molar-refractivity contribution >= 4 is 0 Å². The Balaban J connectivity index is 3.63. The highest BCUT2D eigenvalue weighted by Gasteiger charge is 2.21. The number of unbranched alkanes of at least 4 members (excludes halogenated alkanes) is 4. The van der Waals surface area contributed by atoms with Crippen LogP contribution in [0.25, 0.3) is 0 Å². The maximum Gasteiger partial charge on any atom is 0.0484 e. The van der Waals surface area contributed by atoms with Gasteiger partial charge in [0.1, 0.15) is 0 Å². The molecule has 0 aromatic carbocycles. The van der Waals surface area contributed by atoms with E-state index >= 15 is 0 Å². The molecule has 0 spiro atoms. The van der Waals surface area contributed by atoms with Gasteiger partial charge >= 0.3 is 0 Å². The smallest absolute Gasteiger partial charge is 0.0484 e. The van der Waals surface area contributed by atoms with Crippen molar-refractivity contribution in [3.05, 3.63) is 0 Å². The van der Waals surface area contributed by atoms with E-state index in [1.165, 1.54) is 51.4 Å². The molecule has 0 aliphatic rings. The molecule has 0 heterocycles. The van der Waals surface area contributed by atoms with Gasteiger partial charge in [-0.3, -0.25) is 0 Å². The highest BCUT2D eigenvalue weighted by Crippen LogP contribution is 2.30. The molecule has 0 bridgehead atoms. The lowest BCUT2D eigenvalue weighted by Crippen LogP contribution is -2.21. The van der Waals surface area contributed by atoms with Gasteiger partial charge in [-0.15, -0.1) is 0 Å². The second kappa shape index (κ2) is 8.28. The minimum absolute atomic E-state index is 0.198. The van der Waals surface area contributed by atoms with Gasteiger partial charge in [-0.1, -0.05) is 59.3 Å². The number of aliphatic hydroxyl groups excluding tert-OH is 1. The summed E-state index contributed by atoms with van der Waals surface area (Å²) in [6, 6.07) is 0. The van der Waals surface area contributed by atoms with E-state index < -0.39 is 0 Å². The van der Waals surface area contributed by atoms with E-state index in [1.807, 2.05) is 0 Å². The number of hydrogen-bond donors (Lipinski definition) is 1. The van der Waals surface area contributed by atoms with Crippen LogP contribution in [0.5, 0.6) is 0 Å². The van der Waals surface area contributed by atoms with Crippen molar-refractivity contribution in [3.63, 3.8) is 0 Å². The van der Waals surface area contributed by atoms with Crippen LogP contribution in [-0.2, 0) is 0 Å². The van der Waals surface area contributed by atoms with Gasteiger partial charge in [0.2, 0.25) is 0 Å². The highest BCUT2D eigenvalue weighted by atomic mass is 16.3. The van der Waals surface area contributed by atoms with E-state index in [1.54, 1.807) is 0 Å². The first-order valence-electron chi connectivity index (χ1n) is 6.29. The summed E-state index contributed by atoms with van der Waals surface area (Å²) in [5.41, 5.74) is 0.198. The summed E-state index contributed by atoms with van der Waals surface area (Å²) >= 11 is 0. The maximum absolute atomic E-state index is 9.37. The summed E-state index contributed by atoms with van der Waals surface area (Å²) in [7, 11) is 0. The van der Waals surface area contributed by atoms with Crippen molar-refractivity contribution in [1.29, 1.82) is 0 Å². The zero-order chi connectivity index (χ0) is 10.9. The Morgan fingerprint density at radius 1 is 0.857 bits per heavy atom. The minimum atomic E-state index is 0.198. The second-order valence-electron chi connectivity index (χ2n) is 4.88. The summed E-state index contributed by atoms with van der Waals surface area (Å²) < 4.78 is 0. The van der Waals surface area contributed by atoms with Gasteiger partial charge in [0, 0.05) is 6.61 Å². The zero-order valence-corrected chi connectivity index (χ0v) is 10.3. The van der Waals surface area contributed by atoms with Gasteiger partial charge in [-0.2, -0.15) is 0 Å². The van der Waals surface area contributed by atoms with Crippen molar-refractivity contribution in [2.75, 3.05) is 6.61 Å². The van der Waals surface area contributed by atoms with Crippen molar-refractivity contribution in [2.45, 2.75) is 72.1 Å². The molecule has 0 rings (SSSR count). The van der Waals surface area contributed by atoms with Crippen molar-refractivity contribution in [3.8, 4) is 0 Å². The molecule has 0 aromatic heterocycles. The number of aliphatic hydroxyl groups is 1. The third-order valence-electron chi connectivity index (χ3n) is 3.15. The standard InChI is InChI=1S/C13H28O/c1-4-6-8-9-11-13(3,12-14)10-7-5-2/h14H,4-12H2,1-3H3/t13-/m0/s1. The molecular formula is C13H28O. The molecule has 1 N–H and O–H groups in total. The van der Waals surface area contributed by atoms with Gasteiger partial charge < -0.3 is 5.11 Å². The second-order valence-corrected chi connectivity index (χ2v) is 4.88. The van der Waals surface area contributed by atoms with E-state index in [4.69, 9.17) is 0 Å². The lowest BCUT2D eigenvalue weighted by Gasteiger charge is -2.27. The Bertz CT molecular complexity index is 122. The minimum Gasteiger partial charge on any atom is -0.396 e. The summed E-state index contributed by atoms with van der Waals surface area (Å²) in [5, 5.41) is 9.37. The molecule has 1 atom stereocenters.